The molecule has 8 heteroatoms. The molecule has 1 N–H and O–H groups in total. The third-order valence-electron chi connectivity index (χ3n) is 2.90. The highest BCUT2D eigenvalue weighted by molar-refractivity contribution is 6.32. The highest BCUT2D eigenvalue weighted by atomic mass is 35.5. The van der Waals surface area contributed by atoms with Gasteiger partial charge in [0.1, 0.15) is 6.54 Å². The number of rotatable bonds is 4. The minimum atomic E-state index is -0.673. The Kier molecular flexibility index (Phi) is 3.81. The van der Waals surface area contributed by atoms with Gasteiger partial charge < -0.3 is 15.4 Å². The Labute approximate surface area is 108 Å². The largest absolute Gasteiger partial charge is 0.408 e. The fraction of sp³-hybridized carbons (Fsp3) is 0.600. The van der Waals surface area contributed by atoms with Crippen LogP contribution in [-0.4, -0.2) is 26.7 Å². The molecule has 1 aliphatic rings. The number of hydrogen-bond donors (Lipinski definition) is 1. The molecule has 1 saturated carbocycles. The molecule has 0 radical (unpaired) electrons. The molecule has 0 atom stereocenters. The van der Waals surface area contributed by atoms with Crippen molar-refractivity contribution in [2.24, 2.45) is 0 Å². The van der Waals surface area contributed by atoms with Gasteiger partial charge in [-0.25, -0.2) is 0 Å². The first-order valence-corrected chi connectivity index (χ1v) is 6.11. The topological polar surface area (TPSA) is 90.1 Å². The van der Waals surface area contributed by atoms with E-state index in [1.807, 2.05) is 0 Å². The van der Waals surface area contributed by atoms with E-state index in [0.29, 0.717) is 0 Å². The Balaban J connectivity index is 1.94. The van der Waals surface area contributed by atoms with Gasteiger partial charge in [0, 0.05) is 6.04 Å². The van der Waals surface area contributed by atoms with E-state index < -0.39 is 10.7 Å². The summed E-state index contributed by atoms with van der Waals surface area (Å²) in [6.45, 7) is -0.0515. The SMILES string of the molecule is O=C(Cn1cc(Cl)c([N+](=O)[O-])n1)NC1CCCC1. The number of hydrogen-bond acceptors (Lipinski definition) is 4. The predicted octanol–water partition coefficient (Wildman–Crippen LogP) is 1.50. The Morgan fingerprint density at radius 1 is 1.61 bits per heavy atom. The Hall–Kier alpha value is -1.63. The van der Waals surface area contributed by atoms with Crippen LogP contribution >= 0.6 is 11.6 Å². The molecule has 0 aromatic carbocycles. The molecule has 2 rings (SSSR count). The van der Waals surface area contributed by atoms with Crippen molar-refractivity contribution in [3.05, 3.63) is 21.3 Å². The fourth-order valence-electron chi connectivity index (χ4n) is 2.08. The molecule has 0 spiro atoms. The first kappa shape index (κ1) is 12.8. The van der Waals surface area contributed by atoms with E-state index in [4.69, 9.17) is 11.6 Å². The lowest BCUT2D eigenvalue weighted by Gasteiger charge is -2.10. The van der Waals surface area contributed by atoms with Crippen LogP contribution in [0.15, 0.2) is 6.20 Å². The summed E-state index contributed by atoms with van der Waals surface area (Å²) in [7, 11) is 0. The zero-order chi connectivity index (χ0) is 13.1. The molecule has 1 aromatic rings. The molecule has 1 aromatic heterocycles. The summed E-state index contributed by atoms with van der Waals surface area (Å²) in [5, 5.41) is 17.0. The number of carbonyl (C=O) groups is 1. The summed E-state index contributed by atoms with van der Waals surface area (Å²) in [5.41, 5.74) is 0. The zero-order valence-electron chi connectivity index (χ0n) is 9.63. The van der Waals surface area contributed by atoms with Gasteiger partial charge in [-0.3, -0.25) is 4.79 Å². The highest BCUT2D eigenvalue weighted by Gasteiger charge is 2.22. The summed E-state index contributed by atoms with van der Waals surface area (Å²) < 4.78 is 1.19. The third kappa shape index (κ3) is 2.98. The van der Waals surface area contributed by atoms with Gasteiger partial charge in [0.2, 0.25) is 5.91 Å². The lowest BCUT2D eigenvalue weighted by molar-refractivity contribution is -0.389. The van der Waals surface area contributed by atoms with Crippen molar-refractivity contribution in [3.8, 4) is 0 Å². The van der Waals surface area contributed by atoms with Crippen LogP contribution in [-0.2, 0) is 11.3 Å². The Bertz CT molecular complexity index is 468. The maximum atomic E-state index is 11.7. The number of amides is 1. The maximum absolute atomic E-state index is 11.7. The standard InChI is InChI=1S/C10H13ClN4O3/c11-8-5-14(13-10(8)15(17)18)6-9(16)12-7-3-1-2-4-7/h5,7H,1-4,6H2,(H,12,16). The lowest BCUT2D eigenvalue weighted by Crippen LogP contribution is -2.35. The number of halogens is 1. The molecule has 18 heavy (non-hydrogen) atoms. The van der Waals surface area contributed by atoms with Crippen LogP contribution in [0.3, 0.4) is 0 Å². The maximum Gasteiger partial charge on any atom is 0.408 e. The first-order chi connectivity index (χ1) is 8.56. The summed E-state index contributed by atoms with van der Waals surface area (Å²) in [6, 6.07) is 0.221. The van der Waals surface area contributed by atoms with Crippen molar-refractivity contribution >= 4 is 23.3 Å². The van der Waals surface area contributed by atoms with E-state index in [0.717, 1.165) is 25.7 Å². The number of nitro groups is 1. The molecule has 1 fully saturated rings. The van der Waals surface area contributed by atoms with Crippen molar-refractivity contribution in [1.29, 1.82) is 0 Å². The van der Waals surface area contributed by atoms with Crippen molar-refractivity contribution in [2.45, 2.75) is 38.3 Å². The molecule has 0 saturated heterocycles. The second-order valence-electron chi connectivity index (χ2n) is 4.30. The third-order valence-corrected chi connectivity index (χ3v) is 3.16. The lowest BCUT2D eigenvalue weighted by atomic mass is 10.2. The van der Waals surface area contributed by atoms with Crippen LogP contribution in [0.4, 0.5) is 5.82 Å². The zero-order valence-corrected chi connectivity index (χ0v) is 10.4. The van der Waals surface area contributed by atoms with Crippen LogP contribution in [0.5, 0.6) is 0 Å². The molecule has 0 unspecified atom stereocenters. The number of carbonyl (C=O) groups excluding carboxylic acids is 1. The molecule has 1 amide bonds. The molecule has 1 heterocycles. The van der Waals surface area contributed by atoms with E-state index in [9.17, 15) is 14.9 Å². The van der Waals surface area contributed by atoms with Crippen LogP contribution in [0.2, 0.25) is 5.02 Å². The molecule has 1 aliphatic carbocycles. The van der Waals surface area contributed by atoms with Gasteiger partial charge in [-0.05, 0) is 17.8 Å². The Morgan fingerprint density at radius 3 is 2.83 bits per heavy atom. The van der Waals surface area contributed by atoms with E-state index >= 15 is 0 Å². The number of nitrogens with zero attached hydrogens (tertiary/aromatic N) is 3. The van der Waals surface area contributed by atoms with Crippen LogP contribution in [0, 0.1) is 10.1 Å². The van der Waals surface area contributed by atoms with E-state index in [-0.39, 0.29) is 23.5 Å². The summed E-state index contributed by atoms with van der Waals surface area (Å²) >= 11 is 5.64. The van der Waals surface area contributed by atoms with Crippen molar-refractivity contribution in [3.63, 3.8) is 0 Å². The smallest absolute Gasteiger partial charge is 0.358 e. The molecule has 98 valence electrons. The van der Waals surface area contributed by atoms with Crippen LogP contribution in [0.25, 0.3) is 0 Å². The number of nitrogens with one attached hydrogen (secondary N) is 1. The van der Waals surface area contributed by atoms with Gasteiger partial charge in [-0.15, -0.1) is 0 Å². The van der Waals surface area contributed by atoms with Gasteiger partial charge in [0.15, 0.2) is 5.02 Å². The molecule has 7 nitrogen and oxygen atoms in total. The minimum absolute atomic E-state index is 0.0515. The summed E-state index contributed by atoms with van der Waals surface area (Å²) in [4.78, 5) is 21.5. The summed E-state index contributed by atoms with van der Waals surface area (Å²) in [6.07, 6.45) is 5.53. The minimum Gasteiger partial charge on any atom is -0.358 e. The van der Waals surface area contributed by atoms with E-state index in [1.54, 1.807) is 0 Å². The van der Waals surface area contributed by atoms with Gasteiger partial charge in [-0.2, -0.15) is 4.68 Å². The van der Waals surface area contributed by atoms with Crippen LogP contribution < -0.4 is 5.32 Å². The molecular weight excluding hydrogens is 260 g/mol. The van der Waals surface area contributed by atoms with E-state index in [1.165, 1.54) is 10.9 Å². The first-order valence-electron chi connectivity index (χ1n) is 5.73. The normalized spacial score (nSPS) is 15.8. The predicted molar refractivity (Wildman–Crippen MR) is 64.3 cm³/mol. The van der Waals surface area contributed by atoms with Gasteiger partial charge in [-0.1, -0.05) is 24.4 Å². The van der Waals surface area contributed by atoms with Crippen molar-refractivity contribution < 1.29 is 9.72 Å². The number of aromatic nitrogens is 2. The van der Waals surface area contributed by atoms with E-state index in [2.05, 4.69) is 10.4 Å². The van der Waals surface area contributed by atoms with Gasteiger partial charge in [0.05, 0.1) is 11.3 Å². The highest BCUT2D eigenvalue weighted by Crippen LogP contribution is 2.21. The second-order valence-corrected chi connectivity index (χ2v) is 4.71. The van der Waals surface area contributed by atoms with Crippen molar-refractivity contribution in [2.75, 3.05) is 0 Å². The second kappa shape index (κ2) is 5.34. The average molecular weight is 273 g/mol. The fourth-order valence-corrected chi connectivity index (χ4v) is 2.30. The summed E-state index contributed by atoms with van der Waals surface area (Å²) in [5.74, 6) is -0.624. The van der Waals surface area contributed by atoms with Gasteiger partial charge in [0.25, 0.3) is 0 Å². The monoisotopic (exact) mass is 272 g/mol. The Morgan fingerprint density at radius 2 is 2.28 bits per heavy atom. The molecular formula is C10H13ClN4O3. The quantitative estimate of drug-likeness (QED) is 0.664. The van der Waals surface area contributed by atoms with Crippen molar-refractivity contribution in [1.82, 2.24) is 15.1 Å². The molecule has 0 aliphatic heterocycles. The molecule has 0 bridgehead atoms. The van der Waals surface area contributed by atoms with Gasteiger partial charge >= 0.3 is 5.82 Å². The average Bonchev–Trinajstić information content (AvgIpc) is 2.88. The van der Waals surface area contributed by atoms with Crippen LogP contribution in [0.1, 0.15) is 25.7 Å².